The molecular formula is C24H22N4O6S. The molecule has 2 N–H and O–H groups in total. The van der Waals surface area contributed by atoms with Crippen molar-refractivity contribution in [3.05, 3.63) is 72.8 Å². The van der Waals surface area contributed by atoms with Crippen LogP contribution in [0, 0.1) is 0 Å². The largest absolute Gasteiger partial charge is 0.483 e. The molecule has 11 heteroatoms. The molecule has 0 spiro atoms. The lowest BCUT2D eigenvalue weighted by molar-refractivity contribution is -0.118. The summed E-state index contributed by atoms with van der Waals surface area (Å²) in [6.07, 6.45) is 0. The van der Waals surface area contributed by atoms with Gasteiger partial charge in [0.15, 0.2) is 12.4 Å². The van der Waals surface area contributed by atoms with Crippen molar-refractivity contribution in [2.45, 2.75) is 4.90 Å². The maximum Gasteiger partial charge on any atom is 0.321 e. The molecule has 1 aromatic heterocycles. The average Bonchev–Trinajstić information content (AvgIpc) is 2.87. The van der Waals surface area contributed by atoms with Crippen molar-refractivity contribution in [3.63, 3.8) is 0 Å². The van der Waals surface area contributed by atoms with Crippen molar-refractivity contribution in [2.75, 3.05) is 30.9 Å². The van der Waals surface area contributed by atoms with Crippen LogP contribution in [0.15, 0.2) is 77.7 Å². The van der Waals surface area contributed by atoms with Crippen LogP contribution >= 0.6 is 0 Å². The van der Waals surface area contributed by atoms with Gasteiger partial charge in [-0.3, -0.25) is 9.52 Å². The Hall–Kier alpha value is -4.38. The Morgan fingerprint density at radius 1 is 0.914 bits per heavy atom. The van der Waals surface area contributed by atoms with Crippen LogP contribution in [0.25, 0.3) is 10.8 Å². The van der Waals surface area contributed by atoms with Gasteiger partial charge >= 0.3 is 6.01 Å². The van der Waals surface area contributed by atoms with Crippen molar-refractivity contribution >= 4 is 38.2 Å². The van der Waals surface area contributed by atoms with E-state index in [0.717, 1.165) is 10.8 Å². The first-order valence-corrected chi connectivity index (χ1v) is 11.9. The van der Waals surface area contributed by atoms with Crippen LogP contribution in [-0.4, -0.2) is 45.1 Å². The van der Waals surface area contributed by atoms with Gasteiger partial charge in [0, 0.05) is 17.1 Å². The summed E-state index contributed by atoms with van der Waals surface area (Å²) in [4.78, 5) is 20.2. The van der Waals surface area contributed by atoms with Crippen LogP contribution in [0.1, 0.15) is 0 Å². The minimum absolute atomic E-state index is 0.0170. The number of hydrogen-bond donors (Lipinski definition) is 2. The van der Waals surface area contributed by atoms with Gasteiger partial charge in [-0.25, -0.2) is 8.42 Å². The van der Waals surface area contributed by atoms with Crippen molar-refractivity contribution in [3.8, 4) is 17.6 Å². The summed E-state index contributed by atoms with van der Waals surface area (Å²) >= 11 is 0. The number of ether oxygens (including phenoxy) is 3. The summed E-state index contributed by atoms with van der Waals surface area (Å²) in [5, 5.41) is 4.60. The number of nitrogens with one attached hydrogen (secondary N) is 2. The zero-order valence-corrected chi connectivity index (χ0v) is 19.7. The lowest BCUT2D eigenvalue weighted by Crippen LogP contribution is -2.20. The molecule has 0 unspecified atom stereocenters. The molecule has 0 aliphatic heterocycles. The van der Waals surface area contributed by atoms with Crippen molar-refractivity contribution in [2.24, 2.45) is 0 Å². The number of nitrogens with zero attached hydrogens (tertiary/aromatic N) is 2. The van der Waals surface area contributed by atoms with Crippen LogP contribution in [0.2, 0.25) is 0 Å². The number of methoxy groups -OCH3 is 2. The van der Waals surface area contributed by atoms with Gasteiger partial charge in [-0.15, -0.1) is 0 Å². The maximum atomic E-state index is 12.7. The fourth-order valence-electron chi connectivity index (χ4n) is 3.23. The third-order valence-corrected chi connectivity index (χ3v) is 6.24. The predicted octanol–water partition coefficient (Wildman–Crippen LogP) is 3.47. The fraction of sp³-hybridized carbons (Fsp3) is 0.125. The highest BCUT2D eigenvalue weighted by molar-refractivity contribution is 7.92. The van der Waals surface area contributed by atoms with Gasteiger partial charge in [0.05, 0.1) is 19.1 Å². The van der Waals surface area contributed by atoms with Crippen LogP contribution < -0.4 is 24.2 Å². The first kappa shape index (κ1) is 23.8. The second-order valence-corrected chi connectivity index (χ2v) is 8.91. The number of aromatic nitrogens is 2. The molecule has 1 amide bonds. The Kier molecular flexibility index (Phi) is 6.97. The van der Waals surface area contributed by atoms with E-state index in [-0.39, 0.29) is 35.1 Å². The highest BCUT2D eigenvalue weighted by Crippen LogP contribution is 2.25. The molecule has 0 radical (unpaired) electrons. The monoisotopic (exact) mass is 494 g/mol. The molecule has 0 bridgehead atoms. The molecule has 0 aliphatic carbocycles. The number of amides is 1. The number of benzene rings is 3. The highest BCUT2D eigenvalue weighted by atomic mass is 32.2. The van der Waals surface area contributed by atoms with E-state index in [2.05, 4.69) is 20.0 Å². The van der Waals surface area contributed by atoms with Gasteiger partial charge in [-0.1, -0.05) is 36.4 Å². The summed E-state index contributed by atoms with van der Waals surface area (Å²) in [5.41, 5.74) is 0.417. The zero-order valence-electron chi connectivity index (χ0n) is 18.9. The Labute approximate surface area is 201 Å². The number of carbonyl (C=O) groups excluding carboxylic acids is 1. The van der Waals surface area contributed by atoms with Crippen molar-refractivity contribution in [1.82, 2.24) is 9.97 Å². The van der Waals surface area contributed by atoms with Crippen molar-refractivity contribution < 1.29 is 27.4 Å². The smallest absolute Gasteiger partial charge is 0.321 e. The molecule has 0 saturated heterocycles. The number of sulfonamides is 1. The first-order chi connectivity index (χ1) is 16.9. The Balaban J connectivity index is 1.39. The molecular weight excluding hydrogens is 472 g/mol. The second kappa shape index (κ2) is 10.3. The van der Waals surface area contributed by atoms with Crippen LogP contribution in [0.4, 0.5) is 11.5 Å². The molecule has 0 aliphatic rings. The number of rotatable bonds is 9. The molecule has 0 saturated carbocycles. The first-order valence-electron chi connectivity index (χ1n) is 10.4. The molecule has 0 fully saturated rings. The molecule has 4 rings (SSSR count). The van der Waals surface area contributed by atoms with Gasteiger partial charge in [0.2, 0.25) is 5.88 Å². The van der Waals surface area contributed by atoms with E-state index in [4.69, 9.17) is 14.2 Å². The van der Waals surface area contributed by atoms with E-state index in [9.17, 15) is 13.2 Å². The lowest BCUT2D eigenvalue weighted by Gasteiger charge is -2.11. The minimum atomic E-state index is -3.96. The molecule has 3 aromatic carbocycles. The summed E-state index contributed by atoms with van der Waals surface area (Å²) < 4.78 is 43.5. The van der Waals surface area contributed by atoms with E-state index >= 15 is 0 Å². The third-order valence-electron chi connectivity index (χ3n) is 4.87. The highest BCUT2D eigenvalue weighted by Gasteiger charge is 2.17. The number of fused-ring (bicyclic) bond motifs is 1. The molecule has 1 heterocycles. The minimum Gasteiger partial charge on any atom is -0.483 e. The van der Waals surface area contributed by atoms with Gasteiger partial charge in [-0.05, 0) is 35.7 Å². The molecule has 4 aromatic rings. The predicted molar refractivity (Wildman–Crippen MR) is 130 cm³/mol. The van der Waals surface area contributed by atoms with E-state index < -0.39 is 10.0 Å². The van der Waals surface area contributed by atoms with Crippen LogP contribution in [0.3, 0.4) is 0 Å². The molecule has 10 nitrogen and oxygen atoms in total. The molecule has 0 atom stereocenters. The Morgan fingerprint density at radius 3 is 2.40 bits per heavy atom. The Morgan fingerprint density at radius 2 is 1.66 bits per heavy atom. The van der Waals surface area contributed by atoms with Gasteiger partial charge in [0.25, 0.3) is 15.9 Å². The molecule has 180 valence electrons. The van der Waals surface area contributed by atoms with E-state index in [1.165, 1.54) is 44.6 Å². The van der Waals surface area contributed by atoms with Gasteiger partial charge < -0.3 is 19.5 Å². The van der Waals surface area contributed by atoms with Crippen LogP contribution in [0.5, 0.6) is 17.6 Å². The standard InChI is InChI=1S/C24H22N4O6S/c1-32-23-14-21(26-24(27-23)33-2)28-35(30,31)18-12-10-17(11-13-18)25-22(29)15-34-20-9-5-7-16-6-3-4-8-19(16)20/h3-14H,15H2,1-2H3,(H,25,29)(H,26,27,28). The SMILES string of the molecule is COc1cc(NS(=O)(=O)c2ccc(NC(=O)COc3cccc4ccccc34)cc2)nc(OC)n1. The van der Waals surface area contributed by atoms with E-state index in [1.807, 2.05) is 36.4 Å². The van der Waals surface area contributed by atoms with Crippen molar-refractivity contribution in [1.29, 1.82) is 0 Å². The Bertz CT molecular complexity index is 1430. The van der Waals surface area contributed by atoms with Crippen LogP contribution in [-0.2, 0) is 14.8 Å². The number of anilines is 2. The summed E-state index contributed by atoms with van der Waals surface area (Å²) in [6.45, 7) is -0.201. The van der Waals surface area contributed by atoms with Gasteiger partial charge in [0.1, 0.15) is 5.75 Å². The quantitative estimate of drug-likeness (QED) is 0.362. The molecule has 35 heavy (non-hydrogen) atoms. The zero-order chi connectivity index (χ0) is 24.8. The topological polar surface area (TPSA) is 129 Å². The number of hydrogen-bond acceptors (Lipinski definition) is 8. The lowest BCUT2D eigenvalue weighted by atomic mass is 10.1. The van der Waals surface area contributed by atoms with E-state index in [1.54, 1.807) is 6.07 Å². The summed E-state index contributed by atoms with van der Waals surface area (Å²) in [7, 11) is -1.22. The number of carbonyl (C=O) groups is 1. The normalized spacial score (nSPS) is 11.0. The summed E-state index contributed by atoms with van der Waals surface area (Å²) in [5.74, 6) is 0.339. The summed E-state index contributed by atoms with van der Waals surface area (Å²) in [6, 6.07) is 20.3. The average molecular weight is 495 g/mol. The maximum absolute atomic E-state index is 12.7. The van der Waals surface area contributed by atoms with E-state index in [0.29, 0.717) is 11.4 Å². The second-order valence-electron chi connectivity index (χ2n) is 7.23. The van der Waals surface area contributed by atoms with Gasteiger partial charge in [-0.2, -0.15) is 9.97 Å². The third kappa shape index (κ3) is 5.76. The fourth-order valence-corrected chi connectivity index (χ4v) is 4.22.